The largest absolute Gasteiger partial charge is 0.448 e. The monoisotopic (exact) mass is 194 g/mol. The number of rotatable bonds is 2. The van der Waals surface area contributed by atoms with Crippen molar-refractivity contribution < 1.29 is 4.42 Å². The van der Waals surface area contributed by atoms with E-state index in [1.54, 1.807) is 6.39 Å². The van der Waals surface area contributed by atoms with Gasteiger partial charge in [0, 0.05) is 12.3 Å². The molecule has 2 rings (SSSR count). The number of hydrogen-bond donors (Lipinski definition) is 1. The maximum atomic E-state index is 5.62. The van der Waals surface area contributed by atoms with Crippen LogP contribution in [0.15, 0.2) is 10.8 Å². The van der Waals surface area contributed by atoms with Crippen LogP contribution in [-0.2, 0) is 6.42 Å². The number of aromatic nitrogens is 1. The first-order valence-electron chi connectivity index (χ1n) is 5.25. The van der Waals surface area contributed by atoms with Crippen molar-refractivity contribution in [2.45, 2.75) is 39.0 Å². The molecule has 0 amide bonds. The third-order valence-electron chi connectivity index (χ3n) is 3.01. The molecule has 78 valence electrons. The highest BCUT2D eigenvalue weighted by Gasteiger charge is 2.34. The normalized spacial score (nSPS) is 24.6. The summed E-state index contributed by atoms with van der Waals surface area (Å²) < 4.78 is 5.42. The molecule has 0 saturated heterocycles. The Bertz CT molecular complexity index is 317. The van der Waals surface area contributed by atoms with Crippen LogP contribution in [0.4, 0.5) is 0 Å². The van der Waals surface area contributed by atoms with Crippen molar-refractivity contribution in [3.05, 3.63) is 17.8 Å². The summed E-state index contributed by atoms with van der Waals surface area (Å²) in [5, 5.41) is 0. The molecule has 0 aliphatic heterocycles. The molecule has 2 N–H and O–H groups in total. The number of nitrogens with zero attached hydrogens (tertiary/aromatic N) is 1. The van der Waals surface area contributed by atoms with E-state index < -0.39 is 0 Å². The zero-order valence-electron chi connectivity index (χ0n) is 8.92. The predicted octanol–water partition coefficient (Wildman–Crippen LogP) is 2.08. The molecule has 0 bridgehead atoms. The maximum absolute atomic E-state index is 5.62. The van der Waals surface area contributed by atoms with Gasteiger partial charge in [0.2, 0.25) is 0 Å². The number of nitrogens with two attached hydrogens (primary N) is 1. The highest BCUT2D eigenvalue weighted by Crippen LogP contribution is 2.42. The Labute approximate surface area is 84.7 Å². The van der Waals surface area contributed by atoms with Gasteiger partial charge in [0.1, 0.15) is 5.76 Å². The van der Waals surface area contributed by atoms with Gasteiger partial charge in [0.25, 0.3) is 0 Å². The molecule has 0 spiro atoms. The summed E-state index contributed by atoms with van der Waals surface area (Å²) in [5.41, 5.74) is 7.09. The van der Waals surface area contributed by atoms with Gasteiger partial charge in [-0.15, -0.1) is 0 Å². The van der Waals surface area contributed by atoms with Crippen molar-refractivity contribution in [2.75, 3.05) is 6.54 Å². The van der Waals surface area contributed by atoms with Gasteiger partial charge in [-0.2, -0.15) is 0 Å². The van der Waals surface area contributed by atoms with E-state index in [1.165, 1.54) is 6.42 Å². The van der Waals surface area contributed by atoms with Crippen LogP contribution < -0.4 is 5.73 Å². The summed E-state index contributed by atoms with van der Waals surface area (Å²) in [5.74, 6) is 1.57. The first kappa shape index (κ1) is 9.71. The molecule has 1 unspecified atom stereocenters. The average molecular weight is 194 g/mol. The minimum atomic E-state index is 0.326. The second kappa shape index (κ2) is 3.39. The van der Waals surface area contributed by atoms with Crippen LogP contribution in [0.25, 0.3) is 0 Å². The van der Waals surface area contributed by atoms with Gasteiger partial charge in [0.15, 0.2) is 6.39 Å². The molecule has 1 aromatic rings. The van der Waals surface area contributed by atoms with Crippen LogP contribution in [0.3, 0.4) is 0 Å². The van der Waals surface area contributed by atoms with Gasteiger partial charge >= 0.3 is 0 Å². The molecular weight excluding hydrogens is 176 g/mol. The molecule has 0 radical (unpaired) electrons. The molecule has 1 aliphatic carbocycles. The lowest BCUT2D eigenvalue weighted by Crippen LogP contribution is -2.26. The lowest BCUT2D eigenvalue weighted by molar-refractivity contribution is 0.248. The van der Waals surface area contributed by atoms with Gasteiger partial charge in [-0.3, -0.25) is 0 Å². The Morgan fingerprint density at radius 1 is 1.64 bits per heavy atom. The van der Waals surface area contributed by atoms with Crippen molar-refractivity contribution in [1.82, 2.24) is 4.98 Å². The Balaban J connectivity index is 2.28. The summed E-state index contributed by atoms with van der Waals surface area (Å²) in [4.78, 5) is 4.30. The molecule has 1 aliphatic rings. The molecule has 0 fully saturated rings. The predicted molar refractivity (Wildman–Crippen MR) is 55.0 cm³/mol. The van der Waals surface area contributed by atoms with E-state index in [0.717, 1.165) is 30.8 Å². The van der Waals surface area contributed by atoms with Crippen LogP contribution in [0, 0.1) is 5.41 Å². The second-order valence-electron chi connectivity index (χ2n) is 4.98. The molecular formula is C11H18N2O. The van der Waals surface area contributed by atoms with Crippen LogP contribution in [0.2, 0.25) is 0 Å². The lowest BCUT2D eigenvalue weighted by atomic mass is 9.72. The van der Waals surface area contributed by atoms with Crippen molar-refractivity contribution in [3.8, 4) is 0 Å². The first-order chi connectivity index (χ1) is 6.62. The van der Waals surface area contributed by atoms with E-state index in [0.29, 0.717) is 11.3 Å². The van der Waals surface area contributed by atoms with Crippen molar-refractivity contribution >= 4 is 0 Å². The molecule has 1 heterocycles. The van der Waals surface area contributed by atoms with E-state index in [1.807, 2.05) is 0 Å². The first-order valence-corrected chi connectivity index (χ1v) is 5.25. The molecule has 1 atom stereocenters. The van der Waals surface area contributed by atoms with E-state index in [9.17, 15) is 0 Å². The molecule has 3 nitrogen and oxygen atoms in total. The minimum absolute atomic E-state index is 0.326. The summed E-state index contributed by atoms with van der Waals surface area (Å²) in [7, 11) is 0. The minimum Gasteiger partial charge on any atom is -0.448 e. The van der Waals surface area contributed by atoms with Crippen molar-refractivity contribution in [2.24, 2.45) is 11.1 Å². The molecule has 14 heavy (non-hydrogen) atoms. The number of oxazole rings is 1. The van der Waals surface area contributed by atoms with Crippen molar-refractivity contribution in [3.63, 3.8) is 0 Å². The highest BCUT2D eigenvalue weighted by molar-refractivity contribution is 5.19. The zero-order chi connectivity index (χ0) is 10.2. The summed E-state index contributed by atoms with van der Waals surface area (Å²) in [6.07, 6.45) is 4.76. The fourth-order valence-corrected chi connectivity index (χ4v) is 2.45. The quantitative estimate of drug-likeness (QED) is 0.784. The summed E-state index contributed by atoms with van der Waals surface area (Å²) in [6, 6.07) is 0. The van der Waals surface area contributed by atoms with Gasteiger partial charge < -0.3 is 10.2 Å². The van der Waals surface area contributed by atoms with Gasteiger partial charge in [0.05, 0.1) is 5.69 Å². The summed E-state index contributed by atoms with van der Waals surface area (Å²) >= 11 is 0. The lowest BCUT2D eigenvalue weighted by Gasteiger charge is -2.33. The number of hydrogen-bond acceptors (Lipinski definition) is 3. The Hall–Kier alpha value is -0.830. The van der Waals surface area contributed by atoms with Crippen LogP contribution >= 0.6 is 0 Å². The molecule has 3 heteroatoms. The van der Waals surface area contributed by atoms with Gasteiger partial charge in [-0.25, -0.2) is 4.98 Å². The zero-order valence-corrected chi connectivity index (χ0v) is 8.92. The van der Waals surface area contributed by atoms with Crippen LogP contribution in [-0.4, -0.2) is 11.5 Å². The van der Waals surface area contributed by atoms with E-state index in [4.69, 9.17) is 10.2 Å². The third-order valence-corrected chi connectivity index (χ3v) is 3.01. The topological polar surface area (TPSA) is 52.0 Å². The van der Waals surface area contributed by atoms with Crippen molar-refractivity contribution in [1.29, 1.82) is 0 Å². The standard InChI is InChI=1S/C11H18N2O/c1-11(2)5-8(3-4-12)10-9(6-11)14-7-13-10/h7-8H,3-6,12H2,1-2H3. The van der Waals surface area contributed by atoms with Crippen LogP contribution in [0.1, 0.15) is 44.1 Å². The third kappa shape index (κ3) is 1.69. The fraction of sp³-hybridized carbons (Fsp3) is 0.727. The number of fused-ring (bicyclic) bond motifs is 1. The Morgan fingerprint density at radius 2 is 2.43 bits per heavy atom. The molecule has 0 aromatic carbocycles. The Morgan fingerprint density at radius 3 is 3.14 bits per heavy atom. The van der Waals surface area contributed by atoms with Gasteiger partial charge in [-0.05, 0) is 24.8 Å². The highest BCUT2D eigenvalue weighted by atomic mass is 16.3. The molecule has 0 saturated carbocycles. The van der Waals surface area contributed by atoms with Gasteiger partial charge in [-0.1, -0.05) is 13.8 Å². The van der Waals surface area contributed by atoms with Crippen LogP contribution in [0.5, 0.6) is 0 Å². The molecule has 1 aromatic heterocycles. The maximum Gasteiger partial charge on any atom is 0.181 e. The SMILES string of the molecule is CC1(C)Cc2ocnc2C(CCN)C1. The smallest absolute Gasteiger partial charge is 0.181 e. The average Bonchev–Trinajstić information content (AvgIpc) is 2.50. The summed E-state index contributed by atoms with van der Waals surface area (Å²) in [6.45, 7) is 5.29. The fourth-order valence-electron chi connectivity index (χ4n) is 2.45. The second-order valence-corrected chi connectivity index (χ2v) is 4.98. The van der Waals surface area contributed by atoms with E-state index in [2.05, 4.69) is 18.8 Å². The van der Waals surface area contributed by atoms with E-state index in [-0.39, 0.29) is 0 Å². The van der Waals surface area contributed by atoms with E-state index >= 15 is 0 Å². The Kier molecular flexibility index (Phi) is 2.35.